The van der Waals surface area contributed by atoms with Crippen molar-refractivity contribution in [3.63, 3.8) is 0 Å². The normalized spacial score (nSPS) is 17.1. The van der Waals surface area contributed by atoms with E-state index in [1.165, 1.54) is 0 Å². The molecule has 0 rings (SSSR count). The Bertz CT molecular complexity index is 470. The fourth-order valence-electron chi connectivity index (χ4n) is 2.49. The van der Waals surface area contributed by atoms with Crippen LogP contribution in [0.1, 0.15) is 51.4 Å². The Kier molecular flexibility index (Phi) is 21.3. The highest BCUT2D eigenvalue weighted by Gasteiger charge is 2.21. The van der Waals surface area contributed by atoms with E-state index < -0.39 is 22.7 Å². The largest absolute Gasteiger partial charge is 0.464 e. The monoisotopic (exact) mass is 614 g/mol. The zero-order chi connectivity index (χ0) is 24.5. The summed E-state index contributed by atoms with van der Waals surface area (Å²) in [6.45, 7) is -0.0953. The highest BCUT2D eigenvalue weighted by Crippen LogP contribution is 2.21. The average Bonchev–Trinajstić information content (AvgIpc) is 2.78. The topological polar surface area (TPSA) is 52.6 Å². The first kappa shape index (κ1) is 33.3. The molecular weight excluding hydrogens is 588 g/mol. The van der Waals surface area contributed by atoms with E-state index in [1.54, 1.807) is 0 Å². The predicted octanol–water partition coefficient (Wildman–Crippen LogP) is 7.32. The van der Waals surface area contributed by atoms with Crippen molar-refractivity contribution in [3.8, 4) is 0 Å². The molecule has 0 aromatic rings. The smallest absolute Gasteiger partial charge is 0.306 e. The van der Waals surface area contributed by atoms with E-state index in [0.29, 0.717) is 24.6 Å². The van der Waals surface area contributed by atoms with Crippen LogP contribution in [0, 0.1) is 0 Å². The highest BCUT2D eigenvalue weighted by molar-refractivity contribution is 6.30. The maximum absolute atomic E-state index is 11.8. The van der Waals surface area contributed by atoms with Crippen LogP contribution >= 0.6 is 92.8 Å². The SMILES string of the molecule is O=C(CCC(=O)OCC(Cl)C(Cl)CCCC(Cl)CCl)OCC(Cl)C(Cl)CCCC(Cl)CCl. The van der Waals surface area contributed by atoms with Crippen molar-refractivity contribution in [3.05, 3.63) is 0 Å². The first-order chi connectivity index (χ1) is 15.1. The van der Waals surface area contributed by atoms with Crippen LogP contribution < -0.4 is 0 Å². The van der Waals surface area contributed by atoms with Crippen molar-refractivity contribution in [2.75, 3.05) is 25.0 Å². The lowest BCUT2D eigenvalue weighted by Crippen LogP contribution is -2.25. The van der Waals surface area contributed by atoms with Gasteiger partial charge < -0.3 is 9.47 Å². The lowest BCUT2D eigenvalue weighted by molar-refractivity contribution is -0.150. The number of ether oxygens (including phenoxy) is 2. The van der Waals surface area contributed by atoms with Crippen molar-refractivity contribution < 1.29 is 19.1 Å². The second-order valence-corrected chi connectivity index (χ2v) is 11.4. The van der Waals surface area contributed by atoms with Gasteiger partial charge in [-0.15, -0.1) is 92.8 Å². The molecule has 0 saturated carbocycles. The van der Waals surface area contributed by atoms with Gasteiger partial charge in [0.25, 0.3) is 0 Å². The number of rotatable bonds is 19. The first-order valence-corrected chi connectivity index (χ1v) is 14.1. The van der Waals surface area contributed by atoms with Crippen LogP contribution in [-0.2, 0) is 19.1 Å². The van der Waals surface area contributed by atoms with Gasteiger partial charge in [0.15, 0.2) is 0 Å². The molecular formula is C20H30Cl8O4. The molecule has 190 valence electrons. The molecule has 0 radical (unpaired) electrons. The van der Waals surface area contributed by atoms with Crippen LogP contribution in [0.25, 0.3) is 0 Å². The molecule has 12 heteroatoms. The van der Waals surface area contributed by atoms with Gasteiger partial charge in [-0.25, -0.2) is 0 Å². The third kappa shape index (κ3) is 17.7. The molecule has 6 unspecified atom stereocenters. The molecule has 0 amide bonds. The molecule has 32 heavy (non-hydrogen) atoms. The molecule has 0 N–H and O–H groups in total. The van der Waals surface area contributed by atoms with E-state index in [-0.39, 0.29) is 47.6 Å². The maximum Gasteiger partial charge on any atom is 0.306 e. The minimum Gasteiger partial charge on any atom is -0.464 e. The van der Waals surface area contributed by atoms with E-state index in [0.717, 1.165) is 25.7 Å². The van der Waals surface area contributed by atoms with Crippen molar-refractivity contribution >= 4 is 105 Å². The van der Waals surface area contributed by atoms with Crippen LogP contribution in [0.3, 0.4) is 0 Å². The summed E-state index contributed by atoms with van der Waals surface area (Å²) in [4.78, 5) is 23.7. The quantitative estimate of drug-likeness (QED) is 0.113. The zero-order valence-electron chi connectivity index (χ0n) is 17.6. The molecule has 0 aliphatic heterocycles. The molecule has 0 spiro atoms. The number of halogens is 8. The maximum atomic E-state index is 11.8. The van der Waals surface area contributed by atoms with Crippen LogP contribution in [-0.4, -0.2) is 69.2 Å². The number of hydrogen-bond donors (Lipinski definition) is 0. The van der Waals surface area contributed by atoms with Crippen molar-refractivity contribution in [1.82, 2.24) is 0 Å². The first-order valence-electron chi connectivity index (χ1n) is 10.4. The highest BCUT2D eigenvalue weighted by atomic mass is 35.5. The Morgan fingerprint density at radius 1 is 0.562 bits per heavy atom. The van der Waals surface area contributed by atoms with Crippen LogP contribution in [0.4, 0.5) is 0 Å². The molecule has 0 aliphatic rings. The second-order valence-electron chi connectivity index (χ2n) is 7.29. The van der Waals surface area contributed by atoms with Crippen LogP contribution in [0.5, 0.6) is 0 Å². The Morgan fingerprint density at radius 3 is 1.22 bits per heavy atom. The van der Waals surface area contributed by atoms with Gasteiger partial charge in [0.05, 0.1) is 34.3 Å². The average molecular weight is 618 g/mol. The number of carbonyl (C=O) groups excluding carboxylic acids is 2. The fourth-order valence-corrected chi connectivity index (χ4v) is 3.94. The Morgan fingerprint density at radius 2 is 0.906 bits per heavy atom. The van der Waals surface area contributed by atoms with Crippen LogP contribution in [0.2, 0.25) is 0 Å². The van der Waals surface area contributed by atoms with E-state index in [4.69, 9.17) is 102 Å². The molecule has 0 aromatic heterocycles. The lowest BCUT2D eigenvalue weighted by atomic mass is 10.1. The molecule has 0 bridgehead atoms. The summed E-state index contributed by atoms with van der Waals surface area (Å²) >= 11 is 47.9. The second kappa shape index (κ2) is 20.5. The minimum absolute atomic E-state index is 0.0476. The fraction of sp³-hybridized carbons (Fsp3) is 0.900. The van der Waals surface area contributed by atoms with Gasteiger partial charge in [-0.3, -0.25) is 9.59 Å². The molecule has 0 aliphatic carbocycles. The van der Waals surface area contributed by atoms with E-state index in [2.05, 4.69) is 0 Å². The molecule has 6 atom stereocenters. The summed E-state index contributed by atoms with van der Waals surface area (Å²) < 4.78 is 10.2. The Labute approximate surface area is 231 Å². The summed E-state index contributed by atoms with van der Waals surface area (Å²) in [5, 5.41) is -2.04. The summed E-state index contributed by atoms with van der Waals surface area (Å²) in [5.74, 6) is -0.374. The van der Waals surface area contributed by atoms with Gasteiger partial charge in [0, 0.05) is 22.5 Å². The van der Waals surface area contributed by atoms with Gasteiger partial charge >= 0.3 is 11.9 Å². The predicted molar refractivity (Wildman–Crippen MR) is 138 cm³/mol. The standard InChI is InChI=1S/C20H30Cl8O4/c21-9-13(23)3-1-5-15(25)17(27)11-31-19(29)7-8-20(30)32-12-18(28)16(26)6-2-4-14(24)10-22/h13-18H,1-12H2. The van der Waals surface area contributed by atoms with Gasteiger partial charge in [0.2, 0.25) is 0 Å². The number of esters is 2. The van der Waals surface area contributed by atoms with Crippen LogP contribution in [0.15, 0.2) is 0 Å². The molecule has 0 heterocycles. The third-order valence-corrected chi connectivity index (χ3v) is 8.42. The Hall–Kier alpha value is 1.26. The van der Waals surface area contributed by atoms with Gasteiger partial charge in [-0.2, -0.15) is 0 Å². The summed E-state index contributed by atoms with van der Waals surface area (Å²) in [5.41, 5.74) is 0. The van der Waals surface area contributed by atoms with E-state index in [9.17, 15) is 9.59 Å². The lowest BCUT2D eigenvalue weighted by Gasteiger charge is -2.17. The molecule has 0 fully saturated rings. The number of alkyl halides is 8. The van der Waals surface area contributed by atoms with Crippen molar-refractivity contribution in [2.24, 2.45) is 0 Å². The van der Waals surface area contributed by atoms with Gasteiger partial charge in [-0.1, -0.05) is 12.8 Å². The van der Waals surface area contributed by atoms with E-state index in [1.807, 2.05) is 0 Å². The third-order valence-electron chi connectivity index (χ3n) is 4.45. The number of hydrogen-bond acceptors (Lipinski definition) is 4. The molecule has 4 nitrogen and oxygen atoms in total. The Balaban J connectivity index is 3.95. The van der Waals surface area contributed by atoms with Gasteiger partial charge in [0.1, 0.15) is 13.2 Å². The minimum atomic E-state index is -0.563. The van der Waals surface area contributed by atoms with Gasteiger partial charge in [-0.05, 0) is 25.7 Å². The molecule has 0 saturated heterocycles. The van der Waals surface area contributed by atoms with Crippen molar-refractivity contribution in [1.29, 1.82) is 0 Å². The summed E-state index contributed by atoms with van der Waals surface area (Å²) in [7, 11) is 0. The summed E-state index contributed by atoms with van der Waals surface area (Å²) in [6, 6.07) is 0. The summed E-state index contributed by atoms with van der Waals surface area (Å²) in [6.07, 6.45) is 3.98. The zero-order valence-corrected chi connectivity index (χ0v) is 23.7. The molecule has 0 aromatic carbocycles. The van der Waals surface area contributed by atoms with E-state index >= 15 is 0 Å². The van der Waals surface area contributed by atoms with Crippen molar-refractivity contribution in [2.45, 2.75) is 83.6 Å². The number of carbonyl (C=O) groups is 2.